The van der Waals surface area contributed by atoms with Crippen LogP contribution in [0.2, 0.25) is 5.02 Å². The number of benzene rings is 3. The van der Waals surface area contributed by atoms with E-state index < -0.39 is 17.8 Å². The van der Waals surface area contributed by atoms with Crippen LogP contribution in [0.15, 0.2) is 78.4 Å². The van der Waals surface area contributed by atoms with Gasteiger partial charge in [0.15, 0.2) is 0 Å². The van der Waals surface area contributed by atoms with E-state index in [4.69, 9.17) is 16.3 Å². The minimum Gasteiger partial charge on any atom is -0.487 e. The van der Waals surface area contributed by atoms with E-state index in [2.05, 4.69) is 5.32 Å². The van der Waals surface area contributed by atoms with E-state index in [-0.39, 0.29) is 5.57 Å². The van der Waals surface area contributed by atoms with Crippen LogP contribution in [0.3, 0.4) is 0 Å². The number of barbiturate groups is 1. The average molecular weight is 447 g/mol. The van der Waals surface area contributed by atoms with E-state index in [1.165, 1.54) is 6.08 Å². The minimum absolute atomic E-state index is 0.169. The van der Waals surface area contributed by atoms with Gasteiger partial charge < -0.3 is 4.74 Å². The van der Waals surface area contributed by atoms with Gasteiger partial charge in [-0.3, -0.25) is 14.9 Å². The third-order valence-corrected chi connectivity index (χ3v) is 5.19. The number of para-hydroxylation sites is 1. The average Bonchev–Trinajstić information content (AvgIpc) is 2.78. The highest BCUT2D eigenvalue weighted by atomic mass is 35.5. The Hall–Kier alpha value is -3.90. The number of carbonyl (C=O) groups is 3. The molecule has 4 amide bonds. The molecular weight excluding hydrogens is 428 g/mol. The molecule has 160 valence electrons. The number of nitrogens with one attached hydrogen (secondary N) is 1. The molecular formula is C25H19ClN2O4. The van der Waals surface area contributed by atoms with Gasteiger partial charge in [-0.15, -0.1) is 0 Å². The second-order valence-electron chi connectivity index (χ2n) is 7.26. The lowest BCUT2D eigenvalue weighted by atomic mass is 10.1. The Balaban J connectivity index is 1.55. The van der Waals surface area contributed by atoms with Gasteiger partial charge in [-0.1, -0.05) is 65.7 Å². The van der Waals surface area contributed by atoms with Crippen LogP contribution < -0.4 is 15.0 Å². The summed E-state index contributed by atoms with van der Waals surface area (Å²) in [7, 11) is 0. The lowest BCUT2D eigenvalue weighted by molar-refractivity contribution is -0.122. The Labute approximate surface area is 190 Å². The summed E-state index contributed by atoms with van der Waals surface area (Å²) in [4.78, 5) is 38.4. The van der Waals surface area contributed by atoms with E-state index >= 15 is 0 Å². The fourth-order valence-electron chi connectivity index (χ4n) is 3.20. The number of rotatable bonds is 5. The van der Waals surface area contributed by atoms with Gasteiger partial charge in [-0.05, 0) is 48.4 Å². The molecule has 1 fully saturated rings. The molecule has 3 aromatic rings. The third-order valence-electron chi connectivity index (χ3n) is 4.90. The molecule has 0 aliphatic carbocycles. The molecule has 1 aliphatic rings. The van der Waals surface area contributed by atoms with Crippen molar-refractivity contribution < 1.29 is 19.1 Å². The van der Waals surface area contributed by atoms with Crippen molar-refractivity contribution in [1.29, 1.82) is 0 Å². The summed E-state index contributed by atoms with van der Waals surface area (Å²) in [6, 6.07) is 20.5. The van der Waals surface area contributed by atoms with Gasteiger partial charge in [0.1, 0.15) is 17.9 Å². The van der Waals surface area contributed by atoms with E-state index in [1.807, 2.05) is 31.2 Å². The maximum atomic E-state index is 12.9. The Kier molecular flexibility index (Phi) is 6.05. The van der Waals surface area contributed by atoms with Crippen LogP contribution in [-0.2, 0) is 16.2 Å². The SMILES string of the molecule is Cc1ccc(COc2ccc(/C=C3\C(=O)NC(=O)N(c4ccccc4)C3=O)cc2Cl)cc1. The summed E-state index contributed by atoms with van der Waals surface area (Å²) in [6.45, 7) is 2.37. The zero-order valence-corrected chi connectivity index (χ0v) is 17.9. The fraction of sp³-hybridized carbons (Fsp3) is 0.0800. The van der Waals surface area contributed by atoms with Crippen LogP contribution in [0, 0.1) is 6.92 Å². The van der Waals surface area contributed by atoms with Crippen molar-refractivity contribution >= 4 is 41.2 Å². The summed E-state index contributed by atoms with van der Waals surface area (Å²) in [5.41, 5.74) is 2.90. The largest absolute Gasteiger partial charge is 0.487 e. The van der Waals surface area contributed by atoms with Crippen LogP contribution in [0.4, 0.5) is 10.5 Å². The fourth-order valence-corrected chi connectivity index (χ4v) is 3.45. The normalized spacial score (nSPS) is 15.1. The number of nitrogens with zero attached hydrogens (tertiary/aromatic N) is 1. The Morgan fingerprint density at radius 2 is 1.69 bits per heavy atom. The van der Waals surface area contributed by atoms with Crippen molar-refractivity contribution in [2.75, 3.05) is 4.90 Å². The van der Waals surface area contributed by atoms with Crippen LogP contribution >= 0.6 is 11.6 Å². The van der Waals surface area contributed by atoms with Gasteiger partial charge in [0, 0.05) is 0 Å². The summed E-state index contributed by atoms with van der Waals surface area (Å²) in [5, 5.41) is 2.54. The lowest BCUT2D eigenvalue weighted by Gasteiger charge is -2.26. The molecule has 1 N–H and O–H groups in total. The van der Waals surface area contributed by atoms with Gasteiger partial charge in [0.05, 0.1) is 10.7 Å². The molecule has 1 aliphatic heterocycles. The molecule has 6 nitrogen and oxygen atoms in total. The quantitative estimate of drug-likeness (QED) is 0.447. The molecule has 1 heterocycles. The summed E-state index contributed by atoms with van der Waals surface area (Å²) in [6.07, 6.45) is 1.40. The molecule has 0 spiro atoms. The lowest BCUT2D eigenvalue weighted by Crippen LogP contribution is -2.54. The van der Waals surface area contributed by atoms with Crippen molar-refractivity contribution in [3.63, 3.8) is 0 Å². The predicted octanol–water partition coefficient (Wildman–Crippen LogP) is 4.89. The number of halogens is 1. The first kappa shape index (κ1) is 21.3. The van der Waals surface area contributed by atoms with Gasteiger partial charge in [-0.2, -0.15) is 0 Å². The Bertz CT molecular complexity index is 1220. The van der Waals surface area contributed by atoms with Crippen LogP contribution in [0.1, 0.15) is 16.7 Å². The summed E-state index contributed by atoms with van der Waals surface area (Å²) < 4.78 is 5.79. The van der Waals surface area contributed by atoms with Crippen molar-refractivity contribution in [2.24, 2.45) is 0 Å². The van der Waals surface area contributed by atoms with Gasteiger partial charge in [0.2, 0.25) is 0 Å². The molecule has 7 heteroatoms. The number of imide groups is 2. The number of urea groups is 1. The summed E-state index contributed by atoms with van der Waals surface area (Å²) >= 11 is 6.35. The Morgan fingerprint density at radius 1 is 0.969 bits per heavy atom. The van der Waals surface area contributed by atoms with Crippen molar-refractivity contribution in [3.8, 4) is 5.75 Å². The number of anilines is 1. The van der Waals surface area contributed by atoms with Gasteiger partial charge in [0.25, 0.3) is 11.8 Å². The number of hydrogen-bond donors (Lipinski definition) is 1. The van der Waals surface area contributed by atoms with E-state index in [9.17, 15) is 14.4 Å². The number of ether oxygens (including phenoxy) is 1. The smallest absolute Gasteiger partial charge is 0.335 e. The van der Waals surface area contributed by atoms with Crippen LogP contribution in [-0.4, -0.2) is 17.8 Å². The Morgan fingerprint density at radius 3 is 2.38 bits per heavy atom. The van der Waals surface area contributed by atoms with Crippen molar-refractivity contribution in [3.05, 3.63) is 100 Å². The second-order valence-corrected chi connectivity index (χ2v) is 7.66. The monoisotopic (exact) mass is 446 g/mol. The number of hydrogen-bond acceptors (Lipinski definition) is 4. The first-order valence-corrected chi connectivity index (χ1v) is 10.2. The molecule has 4 rings (SSSR count). The van der Waals surface area contributed by atoms with Crippen LogP contribution in [0.25, 0.3) is 6.08 Å². The minimum atomic E-state index is -0.791. The van der Waals surface area contributed by atoms with Crippen molar-refractivity contribution in [1.82, 2.24) is 5.32 Å². The van der Waals surface area contributed by atoms with E-state index in [1.54, 1.807) is 48.5 Å². The standard InChI is InChI=1S/C25H19ClN2O4/c1-16-7-9-17(10-8-16)15-32-22-12-11-18(14-21(22)26)13-20-23(29)27-25(31)28(24(20)30)19-5-3-2-4-6-19/h2-14H,15H2,1H3,(H,27,29,31)/b20-13+. The van der Waals surface area contributed by atoms with E-state index in [0.717, 1.165) is 16.0 Å². The molecule has 1 saturated heterocycles. The third kappa shape index (κ3) is 4.55. The molecule has 3 aromatic carbocycles. The molecule has 0 aromatic heterocycles. The topological polar surface area (TPSA) is 75.7 Å². The predicted molar refractivity (Wildman–Crippen MR) is 122 cm³/mol. The van der Waals surface area contributed by atoms with E-state index in [0.29, 0.717) is 28.6 Å². The highest BCUT2D eigenvalue weighted by Crippen LogP contribution is 2.28. The van der Waals surface area contributed by atoms with Gasteiger partial charge in [-0.25, -0.2) is 9.69 Å². The molecule has 0 radical (unpaired) electrons. The molecule has 0 bridgehead atoms. The summed E-state index contributed by atoms with van der Waals surface area (Å²) in [5.74, 6) is -0.987. The molecule has 32 heavy (non-hydrogen) atoms. The first-order chi connectivity index (χ1) is 15.4. The van der Waals surface area contributed by atoms with Crippen molar-refractivity contribution in [2.45, 2.75) is 13.5 Å². The zero-order chi connectivity index (χ0) is 22.7. The number of carbonyl (C=O) groups excluding carboxylic acids is 3. The van der Waals surface area contributed by atoms with Gasteiger partial charge >= 0.3 is 6.03 Å². The molecule has 0 unspecified atom stereocenters. The number of amides is 4. The maximum absolute atomic E-state index is 12.9. The molecule has 0 atom stereocenters. The maximum Gasteiger partial charge on any atom is 0.335 e. The molecule has 0 saturated carbocycles. The second kappa shape index (κ2) is 9.08. The number of aryl methyl sites for hydroxylation is 1. The highest BCUT2D eigenvalue weighted by molar-refractivity contribution is 6.39. The van der Waals surface area contributed by atoms with Crippen LogP contribution in [0.5, 0.6) is 5.75 Å². The highest BCUT2D eigenvalue weighted by Gasteiger charge is 2.36. The first-order valence-electron chi connectivity index (χ1n) is 9.87. The zero-order valence-electron chi connectivity index (χ0n) is 17.2.